The molecule has 0 bridgehead atoms. The van der Waals surface area contributed by atoms with Gasteiger partial charge in [0, 0.05) is 22.3 Å². The van der Waals surface area contributed by atoms with Crippen molar-refractivity contribution in [2.45, 2.75) is 32.9 Å². The highest BCUT2D eigenvalue weighted by atomic mass is 32.1. The Kier molecular flexibility index (Phi) is 5.00. The van der Waals surface area contributed by atoms with E-state index in [9.17, 15) is 0 Å². The van der Waals surface area contributed by atoms with Crippen molar-refractivity contribution in [1.29, 1.82) is 0 Å². The van der Waals surface area contributed by atoms with Crippen LogP contribution in [-0.4, -0.2) is 7.11 Å². The summed E-state index contributed by atoms with van der Waals surface area (Å²) in [4.78, 5) is 2.85. The van der Waals surface area contributed by atoms with Gasteiger partial charge in [-0.15, -0.1) is 11.3 Å². The Labute approximate surface area is 119 Å². The largest absolute Gasteiger partial charge is 0.497 e. The third-order valence-electron chi connectivity index (χ3n) is 3.26. The monoisotopic (exact) mass is 275 g/mol. The van der Waals surface area contributed by atoms with E-state index in [0.717, 1.165) is 18.7 Å². The van der Waals surface area contributed by atoms with Crippen molar-refractivity contribution in [2.75, 3.05) is 7.11 Å². The van der Waals surface area contributed by atoms with E-state index in [1.165, 1.54) is 15.3 Å². The number of benzene rings is 1. The summed E-state index contributed by atoms with van der Waals surface area (Å²) in [5.41, 5.74) is 1.29. The standard InChI is InChI=1S/C16H21NOS/c1-4-15-9-10-16(19-15)11-17-12(2)13-5-7-14(18-3)8-6-13/h5-10,12,17H,4,11H2,1-3H3/t12-/m1/s1. The minimum absolute atomic E-state index is 0.345. The Morgan fingerprint density at radius 1 is 1.11 bits per heavy atom. The summed E-state index contributed by atoms with van der Waals surface area (Å²) >= 11 is 1.89. The SMILES string of the molecule is CCc1ccc(CN[C@H](C)c2ccc(OC)cc2)s1. The van der Waals surface area contributed by atoms with Gasteiger partial charge in [-0.2, -0.15) is 0 Å². The second kappa shape index (κ2) is 6.73. The highest BCUT2D eigenvalue weighted by Crippen LogP contribution is 2.20. The van der Waals surface area contributed by atoms with E-state index in [-0.39, 0.29) is 0 Å². The van der Waals surface area contributed by atoms with Gasteiger partial charge in [-0.25, -0.2) is 0 Å². The molecule has 1 aromatic carbocycles. The van der Waals surface area contributed by atoms with Crippen LogP contribution < -0.4 is 10.1 Å². The highest BCUT2D eigenvalue weighted by molar-refractivity contribution is 7.11. The molecule has 0 aliphatic rings. The van der Waals surface area contributed by atoms with Gasteiger partial charge in [0.15, 0.2) is 0 Å². The quantitative estimate of drug-likeness (QED) is 0.854. The summed E-state index contributed by atoms with van der Waals surface area (Å²) in [6.45, 7) is 5.32. The second-order valence-electron chi connectivity index (χ2n) is 4.60. The molecular weight excluding hydrogens is 254 g/mol. The van der Waals surface area contributed by atoms with Gasteiger partial charge in [-0.05, 0) is 43.2 Å². The Balaban J connectivity index is 1.90. The molecule has 2 nitrogen and oxygen atoms in total. The Hall–Kier alpha value is -1.32. The summed E-state index contributed by atoms with van der Waals surface area (Å²) < 4.78 is 5.17. The van der Waals surface area contributed by atoms with E-state index in [0.29, 0.717) is 6.04 Å². The maximum atomic E-state index is 5.17. The second-order valence-corrected chi connectivity index (χ2v) is 5.85. The zero-order valence-corrected chi connectivity index (χ0v) is 12.6. The minimum Gasteiger partial charge on any atom is -0.497 e. The number of rotatable bonds is 6. The van der Waals surface area contributed by atoms with E-state index in [1.807, 2.05) is 23.5 Å². The third kappa shape index (κ3) is 3.82. The number of hydrogen-bond acceptors (Lipinski definition) is 3. The van der Waals surface area contributed by atoms with Crippen molar-refractivity contribution in [1.82, 2.24) is 5.32 Å². The van der Waals surface area contributed by atoms with Crippen molar-refractivity contribution < 1.29 is 4.74 Å². The minimum atomic E-state index is 0.345. The molecule has 0 aliphatic heterocycles. The number of hydrogen-bond donors (Lipinski definition) is 1. The van der Waals surface area contributed by atoms with Crippen molar-refractivity contribution in [3.8, 4) is 5.75 Å². The molecule has 1 aromatic heterocycles. The molecule has 2 aromatic rings. The predicted octanol–water partition coefficient (Wildman–Crippen LogP) is 4.17. The Bertz CT molecular complexity index is 504. The van der Waals surface area contributed by atoms with Crippen LogP contribution in [0.4, 0.5) is 0 Å². The van der Waals surface area contributed by atoms with Crippen LogP contribution in [0.25, 0.3) is 0 Å². The van der Waals surface area contributed by atoms with Crippen LogP contribution in [0, 0.1) is 0 Å². The first kappa shape index (κ1) is 14.1. The van der Waals surface area contributed by atoms with Crippen molar-refractivity contribution >= 4 is 11.3 Å². The van der Waals surface area contributed by atoms with Crippen molar-refractivity contribution in [2.24, 2.45) is 0 Å². The van der Waals surface area contributed by atoms with Gasteiger partial charge < -0.3 is 10.1 Å². The molecule has 0 aliphatic carbocycles. The van der Waals surface area contributed by atoms with E-state index < -0.39 is 0 Å². The lowest BCUT2D eigenvalue weighted by molar-refractivity contribution is 0.414. The summed E-state index contributed by atoms with van der Waals surface area (Å²) in [6, 6.07) is 13.0. The normalized spacial score (nSPS) is 12.4. The number of aryl methyl sites for hydroxylation is 1. The summed E-state index contributed by atoms with van der Waals surface area (Å²) in [6.07, 6.45) is 1.12. The summed E-state index contributed by atoms with van der Waals surface area (Å²) in [5, 5.41) is 3.56. The first-order valence-corrected chi connectivity index (χ1v) is 7.49. The van der Waals surface area contributed by atoms with Gasteiger partial charge in [-0.3, -0.25) is 0 Å². The Morgan fingerprint density at radius 3 is 2.37 bits per heavy atom. The maximum absolute atomic E-state index is 5.17. The predicted molar refractivity (Wildman–Crippen MR) is 81.9 cm³/mol. The Morgan fingerprint density at radius 2 is 1.79 bits per heavy atom. The molecule has 3 heteroatoms. The smallest absolute Gasteiger partial charge is 0.118 e. The van der Waals surface area contributed by atoms with Gasteiger partial charge in [0.1, 0.15) is 5.75 Å². The molecule has 19 heavy (non-hydrogen) atoms. The fraction of sp³-hybridized carbons (Fsp3) is 0.375. The molecule has 1 atom stereocenters. The van der Waals surface area contributed by atoms with Crippen LogP contribution >= 0.6 is 11.3 Å². The van der Waals surface area contributed by atoms with Crippen LogP contribution in [0.3, 0.4) is 0 Å². The number of nitrogens with one attached hydrogen (secondary N) is 1. The van der Waals surface area contributed by atoms with Gasteiger partial charge in [-0.1, -0.05) is 19.1 Å². The van der Waals surface area contributed by atoms with E-state index in [4.69, 9.17) is 4.74 Å². The third-order valence-corrected chi connectivity index (χ3v) is 4.49. The molecule has 0 fully saturated rings. The average molecular weight is 275 g/mol. The summed E-state index contributed by atoms with van der Waals surface area (Å²) in [7, 11) is 1.69. The zero-order valence-electron chi connectivity index (χ0n) is 11.8. The number of methoxy groups -OCH3 is 1. The van der Waals surface area contributed by atoms with Gasteiger partial charge in [0.25, 0.3) is 0 Å². The molecule has 0 saturated heterocycles. The molecule has 102 valence electrons. The topological polar surface area (TPSA) is 21.3 Å². The molecule has 1 N–H and O–H groups in total. The average Bonchev–Trinajstić information content (AvgIpc) is 2.93. The number of ether oxygens (including phenoxy) is 1. The fourth-order valence-electron chi connectivity index (χ4n) is 1.97. The molecule has 0 radical (unpaired) electrons. The van der Waals surface area contributed by atoms with Crippen LogP contribution in [-0.2, 0) is 13.0 Å². The van der Waals surface area contributed by atoms with Gasteiger partial charge in [0.05, 0.1) is 7.11 Å². The molecule has 1 heterocycles. The van der Waals surface area contributed by atoms with Crippen LogP contribution in [0.5, 0.6) is 5.75 Å². The van der Waals surface area contributed by atoms with Crippen LogP contribution in [0.2, 0.25) is 0 Å². The van der Waals surface area contributed by atoms with Crippen LogP contribution in [0.1, 0.15) is 35.2 Å². The molecule has 2 rings (SSSR count). The molecular formula is C16H21NOS. The lowest BCUT2D eigenvalue weighted by atomic mass is 10.1. The molecule has 0 saturated carbocycles. The molecule has 0 spiro atoms. The molecule has 0 unspecified atom stereocenters. The first-order chi connectivity index (χ1) is 9.22. The van der Waals surface area contributed by atoms with Crippen molar-refractivity contribution in [3.05, 3.63) is 51.7 Å². The highest BCUT2D eigenvalue weighted by Gasteiger charge is 2.06. The van der Waals surface area contributed by atoms with E-state index in [2.05, 4.69) is 43.4 Å². The van der Waals surface area contributed by atoms with Gasteiger partial charge in [0.2, 0.25) is 0 Å². The maximum Gasteiger partial charge on any atom is 0.118 e. The fourth-order valence-corrected chi connectivity index (χ4v) is 2.88. The van der Waals surface area contributed by atoms with Gasteiger partial charge >= 0.3 is 0 Å². The first-order valence-electron chi connectivity index (χ1n) is 6.68. The van der Waals surface area contributed by atoms with Crippen molar-refractivity contribution in [3.63, 3.8) is 0 Å². The van der Waals surface area contributed by atoms with E-state index >= 15 is 0 Å². The summed E-state index contributed by atoms with van der Waals surface area (Å²) in [5.74, 6) is 0.904. The zero-order chi connectivity index (χ0) is 13.7. The number of thiophene rings is 1. The lowest BCUT2D eigenvalue weighted by Gasteiger charge is -2.14. The molecule has 0 amide bonds. The van der Waals surface area contributed by atoms with E-state index in [1.54, 1.807) is 7.11 Å². The van der Waals surface area contributed by atoms with Crippen LogP contribution in [0.15, 0.2) is 36.4 Å². The lowest BCUT2D eigenvalue weighted by Crippen LogP contribution is -2.17.